The van der Waals surface area contributed by atoms with E-state index in [0.29, 0.717) is 36.4 Å². The summed E-state index contributed by atoms with van der Waals surface area (Å²) in [6.45, 7) is 2.26. The van der Waals surface area contributed by atoms with Gasteiger partial charge in [-0.1, -0.05) is 0 Å². The number of aryl methyl sites for hydroxylation is 1. The maximum absolute atomic E-state index is 13.0. The summed E-state index contributed by atoms with van der Waals surface area (Å²) >= 11 is 0. The molecule has 0 bridgehead atoms. The minimum atomic E-state index is -1.76. The summed E-state index contributed by atoms with van der Waals surface area (Å²) in [6.07, 6.45) is 5.74. The number of halogens is 1. The molecule has 3 aromatic rings. The van der Waals surface area contributed by atoms with Crippen LogP contribution >= 0.6 is 0 Å². The molecule has 3 aromatic heterocycles. The summed E-state index contributed by atoms with van der Waals surface area (Å²) in [6, 6.07) is 4.61. The molecular formula is C20H26BFN6O3. The standard InChI is InChI=1S/C20H26BFN6O3/c1-13(3-5-15-6-4-14(22)11-23-15)25-19(29)16-12-24-28-9-7-17(26-18(16)28)27(2)10-8-20(21,30)31/h4,6-7,9,11-13,30-31H,3,5,8,10,21H2,1-2H3,(H,25,29). The molecule has 31 heavy (non-hydrogen) atoms. The van der Waals surface area contributed by atoms with E-state index in [-0.39, 0.29) is 24.2 Å². The number of anilines is 1. The van der Waals surface area contributed by atoms with Crippen LogP contribution in [0.15, 0.2) is 36.8 Å². The van der Waals surface area contributed by atoms with Crippen LogP contribution in [0.4, 0.5) is 10.2 Å². The van der Waals surface area contributed by atoms with Crippen molar-refractivity contribution in [2.45, 2.75) is 37.9 Å². The monoisotopic (exact) mass is 428 g/mol. The highest BCUT2D eigenvalue weighted by Crippen LogP contribution is 2.16. The van der Waals surface area contributed by atoms with Crippen molar-refractivity contribution in [1.29, 1.82) is 0 Å². The molecule has 1 amide bonds. The van der Waals surface area contributed by atoms with Gasteiger partial charge in [0.2, 0.25) is 0 Å². The zero-order valence-corrected chi connectivity index (χ0v) is 17.8. The van der Waals surface area contributed by atoms with Crippen LogP contribution in [-0.4, -0.2) is 68.9 Å². The average molecular weight is 428 g/mol. The average Bonchev–Trinajstić information content (AvgIpc) is 3.14. The van der Waals surface area contributed by atoms with Gasteiger partial charge in [-0.15, -0.1) is 0 Å². The van der Waals surface area contributed by atoms with E-state index in [2.05, 4.69) is 20.4 Å². The molecule has 9 nitrogen and oxygen atoms in total. The van der Waals surface area contributed by atoms with Crippen LogP contribution in [0.25, 0.3) is 5.65 Å². The number of rotatable bonds is 9. The van der Waals surface area contributed by atoms with E-state index in [0.717, 1.165) is 5.69 Å². The third kappa shape index (κ3) is 6.22. The maximum Gasteiger partial charge on any atom is 0.256 e. The van der Waals surface area contributed by atoms with Gasteiger partial charge in [0.25, 0.3) is 5.91 Å². The van der Waals surface area contributed by atoms with Gasteiger partial charge in [-0.2, -0.15) is 5.10 Å². The predicted octanol–water partition coefficient (Wildman–Crippen LogP) is 0.112. The Morgan fingerprint density at radius 3 is 2.81 bits per heavy atom. The number of nitrogens with zero attached hydrogens (tertiary/aromatic N) is 5. The molecule has 0 aliphatic rings. The molecule has 0 saturated heterocycles. The van der Waals surface area contributed by atoms with Crippen molar-refractivity contribution in [3.8, 4) is 0 Å². The number of carbonyl (C=O) groups is 1. The summed E-state index contributed by atoms with van der Waals surface area (Å²) in [5, 5.41) is 26.1. The van der Waals surface area contributed by atoms with Crippen molar-refractivity contribution in [2.75, 3.05) is 18.5 Å². The highest BCUT2D eigenvalue weighted by atomic mass is 19.1. The second-order valence-electron chi connectivity index (χ2n) is 7.88. The first kappa shape index (κ1) is 22.6. The Bertz CT molecular complexity index is 1040. The normalized spacial score (nSPS) is 12.7. The number of nitrogens with one attached hydrogen (secondary N) is 1. The summed E-state index contributed by atoms with van der Waals surface area (Å²) < 4.78 is 14.5. The van der Waals surface area contributed by atoms with Crippen molar-refractivity contribution in [3.05, 3.63) is 53.9 Å². The Morgan fingerprint density at radius 2 is 2.13 bits per heavy atom. The lowest BCUT2D eigenvalue weighted by Gasteiger charge is -2.23. The number of carbonyl (C=O) groups excluding carboxylic acids is 1. The van der Waals surface area contributed by atoms with E-state index in [9.17, 15) is 19.4 Å². The van der Waals surface area contributed by atoms with E-state index in [4.69, 9.17) is 0 Å². The third-order valence-electron chi connectivity index (χ3n) is 4.91. The Hall–Kier alpha value is -3.05. The molecule has 0 aliphatic heterocycles. The lowest BCUT2D eigenvalue weighted by molar-refractivity contribution is -0.0881. The Labute approximate surface area is 180 Å². The van der Waals surface area contributed by atoms with Crippen molar-refractivity contribution in [2.24, 2.45) is 0 Å². The Balaban J connectivity index is 1.65. The molecule has 3 rings (SSSR count). The first-order valence-electron chi connectivity index (χ1n) is 10.0. The molecule has 164 valence electrons. The molecule has 3 heterocycles. The van der Waals surface area contributed by atoms with Gasteiger partial charge in [-0.05, 0) is 38.0 Å². The van der Waals surface area contributed by atoms with Gasteiger partial charge in [-0.3, -0.25) is 9.78 Å². The SMILES string of the molecule is BC(O)(O)CCN(C)c1ccn2ncc(C(=O)NC(C)CCc3ccc(F)cn3)c2n1. The predicted molar refractivity (Wildman–Crippen MR) is 116 cm³/mol. The van der Waals surface area contributed by atoms with Gasteiger partial charge in [0.1, 0.15) is 22.9 Å². The molecule has 0 aliphatic carbocycles. The molecule has 0 fully saturated rings. The zero-order valence-electron chi connectivity index (χ0n) is 17.8. The number of hydrogen-bond acceptors (Lipinski definition) is 7. The molecular weight excluding hydrogens is 402 g/mol. The molecule has 3 N–H and O–H groups in total. The van der Waals surface area contributed by atoms with Crippen LogP contribution < -0.4 is 10.2 Å². The second-order valence-corrected chi connectivity index (χ2v) is 7.88. The quantitative estimate of drug-likeness (QED) is 0.327. The van der Waals surface area contributed by atoms with Crippen molar-refractivity contribution >= 4 is 25.2 Å². The van der Waals surface area contributed by atoms with Crippen molar-refractivity contribution in [1.82, 2.24) is 24.9 Å². The number of fused-ring (bicyclic) bond motifs is 1. The molecule has 0 radical (unpaired) electrons. The smallest absolute Gasteiger partial charge is 0.256 e. The molecule has 0 aromatic carbocycles. The van der Waals surface area contributed by atoms with Crippen molar-refractivity contribution in [3.63, 3.8) is 0 Å². The fourth-order valence-electron chi connectivity index (χ4n) is 3.02. The van der Waals surface area contributed by atoms with Gasteiger partial charge in [0.05, 0.1) is 12.4 Å². The zero-order chi connectivity index (χ0) is 22.6. The van der Waals surface area contributed by atoms with Gasteiger partial charge in [-0.25, -0.2) is 13.9 Å². The van der Waals surface area contributed by atoms with Crippen LogP contribution in [0, 0.1) is 5.82 Å². The molecule has 0 spiro atoms. The van der Waals surface area contributed by atoms with Crippen LogP contribution in [0.3, 0.4) is 0 Å². The molecule has 1 atom stereocenters. The third-order valence-corrected chi connectivity index (χ3v) is 4.91. The summed E-state index contributed by atoms with van der Waals surface area (Å²) in [7, 11) is 3.11. The number of amides is 1. The molecule has 0 saturated carbocycles. The fourth-order valence-corrected chi connectivity index (χ4v) is 3.02. The summed E-state index contributed by atoms with van der Waals surface area (Å²) in [5.74, 6) is -0.0840. The lowest BCUT2D eigenvalue weighted by atomic mass is 9.92. The van der Waals surface area contributed by atoms with Crippen LogP contribution in [0.1, 0.15) is 35.8 Å². The molecule has 11 heteroatoms. The van der Waals surface area contributed by atoms with Gasteiger partial charge in [0.15, 0.2) is 13.5 Å². The van der Waals surface area contributed by atoms with Gasteiger partial charge in [0, 0.05) is 37.9 Å². The maximum atomic E-state index is 13.0. The number of hydrogen-bond donors (Lipinski definition) is 3. The Kier molecular flexibility index (Phi) is 6.86. The fraction of sp³-hybridized carbons (Fsp3) is 0.400. The van der Waals surface area contributed by atoms with E-state index in [1.54, 1.807) is 30.3 Å². The van der Waals surface area contributed by atoms with E-state index in [1.165, 1.54) is 30.8 Å². The second kappa shape index (κ2) is 9.40. The largest absolute Gasteiger partial charge is 0.374 e. The van der Waals surface area contributed by atoms with Crippen LogP contribution in [0.5, 0.6) is 0 Å². The van der Waals surface area contributed by atoms with Crippen LogP contribution in [0.2, 0.25) is 0 Å². The number of pyridine rings is 1. The molecule has 1 unspecified atom stereocenters. The highest BCUT2D eigenvalue weighted by Gasteiger charge is 2.19. The topological polar surface area (TPSA) is 116 Å². The van der Waals surface area contributed by atoms with Gasteiger partial charge >= 0.3 is 0 Å². The van der Waals surface area contributed by atoms with Crippen molar-refractivity contribution < 1.29 is 19.4 Å². The van der Waals surface area contributed by atoms with E-state index in [1.807, 2.05) is 6.92 Å². The first-order chi connectivity index (χ1) is 14.6. The number of aliphatic hydroxyl groups is 2. The minimum Gasteiger partial charge on any atom is -0.374 e. The highest BCUT2D eigenvalue weighted by molar-refractivity contribution is 6.12. The van der Waals surface area contributed by atoms with E-state index >= 15 is 0 Å². The Morgan fingerprint density at radius 1 is 1.35 bits per heavy atom. The lowest BCUT2D eigenvalue weighted by Crippen LogP contribution is -2.34. The minimum absolute atomic E-state index is 0.132. The van der Waals surface area contributed by atoms with Gasteiger partial charge < -0.3 is 20.4 Å². The van der Waals surface area contributed by atoms with E-state index < -0.39 is 5.69 Å². The summed E-state index contributed by atoms with van der Waals surface area (Å²) in [4.78, 5) is 23.1. The van der Waals surface area contributed by atoms with Crippen LogP contribution in [-0.2, 0) is 6.42 Å². The first-order valence-corrected chi connectivity index (χ1v) is 10.0. The summed E-state index contributed by atoms with van der Waals surface area (Å²) in [5.41, 5.74) is -0.254. The number of aromatic nitrogens is 4.